The molecule has 184 valence electrons. The van der Waals surface area contributed by atoms with E-state index in [1.54, 1.807) is 6.92 Å². The summed E-state index contributed by atoms with van der Waals surface area (Å²) in [6, 6.07) is 16.0. The van der Waals surface area contributed by atoms with Crippen LogP contribution in [0.4, 0.5) is 0 Å². The quantitative estimate of drug-likeness (QED) is 0.195. The fraction of sp³-hybridized carbons (Fsp3) is 0.444. The van der Waals surface area contributed by atoms with Crippen molar-refractivity contribution in [2.24, 2.45) is 0 Å². The van der Waals surface area contributed by atoms with Crippen LogP contribution in [0, 0.1) is 0 Å². The first kappa shape index (κ1) is 25.7. The number of rotatable bonds is 14. The van der Waals surface area contributed by atoms with E-state index in [-0.39, 0.29) is 37.9 Å². The zero-order valence-corrected chi connectivity index (χ0v) is 20.1. The molecule has 7 heteroatoms. The SMILES string of the molecule is C=C(C)C(=O)OCCOCC(O)COc1ccc(C(C)(C)c2ccc(OCC3CO3)cc2)cc1. The van der Waals surface area contributed by atoms with Crippen molar-refractivity contribution >= 4 is 5.97 Å². The Bertz CT molecular complexity index is 930. The third-order valence-corrected chi connectivity index (χ3v) is 5.55. The first-order chi connectivity index (χ1) is 16.3. The highest BCUT2D eigenvalue weighted by atomic mass is 16.6. The number of aliphatic hydroxyl groups excluding tert-OH is 1. The summed E-state index contributed by atoms with van der Waals surface area (Å²) in [6.07, 6.45) is -0.552. The molecule has 0 bridgehead atoms. The lowest BCUT2D eigenvalue weighted by molar-refractivity contribution is -0.140. The van der Waals surface area contributed by atoms with Crippen LogP contribution < -0.4 is 9.47 Å². The van der Waals surface area contributed by atoms with Crippen LogP contribution in [0.1, 0.15) is 31.9 Å². The second-order valence-corrected chi connectivity index (χ2v) is 8.90. The molecule has 1 fully saturated rings. The molecule has 2 atom stereocenters. The van der Waals surface area contributed by atoms with Gasteiger partial charge in [0, 0.05) is 11.0 Å². The van der Waals surface area contributed by atoms with Gasteiger partial charge in [0.15, 0.2) is 0 Å². The number of carbonyl (C=O) groups is 1. The standard InChI is InChI=1S/C27H34O7/c1-19(2)26(29)31-14-13-30-15-22(28)16-32-23-9-5-20(6-10-23)27(3,4)21-7-11-24(12-8-21)33-17-25-18-34-25/h5-12,22,25,28H,1,13-18H2,2-4H3. The number of benzene rings is 2. The molecule has 1 N–H and O–H groups in total. The molecule has 2 aromatic carbocycles. The van der Waals surface area contributed by atoms with E-state index in [0.29, 0.717) is 17.9 Å². The number of carbonyl (C=O) groups excluding carboxylic acids is 1. The molecule has 3 rings (SSSR count). The van der Waals surface area contributed by atoms with Crippen LogP contribution in [0.25, 0.3) is 0 Å². The van der Waals surface area contributed by atoms with Crippen molar-refractivity contribution in [2.75, 3.05) is 39.6 Å². The summed E-state index contributed by atoms with van der Waals surface area (Å²) in [7, 11) is 0. The van der Waals surface area contributed by atoms with Gasteiger partial charge in [-0.2, -0.15) is 0 Å². The van der Waals surface area contributed by atoms with Crippen LogP contribution in [-0.4, -0.2) is 62.9 Å². The molecule has 2 aromatic rings. The third-order valence-electron chi connectivity index (χ3n) is 5.55. The van der Waals surface area contributed by atoms with Crippen molar-refractivity contribution in [3.63, 3.8) is 0 Å². The Balaban J connectivity index is 1.41. The lowest BCUT2D eigenvalue weighted by Gasteiger charge is -2.26. The van der Waals surface area contributed by atoms with Gasteiger partial charge in [0.2, 0.25) is 0 Å². The Morgan fingerprint density at radius 3 is 2.12 bits per heavy atom. The van der Waals surface area contributed by atoms with E-state index in [1.165, 1.54) is 5.56 Å². The van der Waals surface area contributed by atoms with Gasteiger partial charge in [-0.05, 0) is 42.3 Å². The van der Waals surface area contributed by atoms with Crippen LogP contribution in [0.5, 0.6) is 11.5 Å². The molecule has 0 radical (unpaired) electrons. The maximum absolute atomic E-state index is 11.3. The van der Waals surface area contributed by atoms with Gasteiger partial charge in [-0.25, -0.2) is 4.79 Å². The monoisotopic (exact) mass is 470 g/mol. The van der Waals surface area contributed by atoms with Gasteiger partial charge in [0.1, 0.15) is 43.5 Å². The van der Waals surface area contributed by atoms with E-state index in [9.17, 15) is 9.90 Å². The zero-order valence-electron chi connectivity index (χ0n) is 20.1. The average Bonchev–Trinajstić information content (AvgIpc) is 3.66. The molecule has 1 aliphatic heterocycles. The van der Waals surface area contributed by atoms with Gasteiger partial charge in [-0.1, -0.05) is 44.7 Å². The van der Waals surface area contributed by atoms with Crippen molar-refractivity contribution in [3.8, 4) is 11.5 Å². The first-order valence-corrected chi connectivity index (χ1v) is 11.4. The molecular formula is C27H34O7. The lowest BCUT2D eigenvalue weighted by atomic mass is 9.78. The van der Waals surface area contributed by atoms with E-state index in [0.717, 1.165) is 17.9 Å². The summed E-state index contributed by atoms with van der Waals surface area (Å²) in [4.78, 5) is 11.3. The highest BCUT2D eigenvalue weighted by molar-refractivity contribution is 5.86. The molecular weight excluding hydrogens is 436 g/mol. The molecule has 7 nitrogen and oxygen atoms in total. The van der Waals surface area contributed by atoms with Crippen LogP contribution in [0.2, 0.25) is 0 Å². The van der Waals surface area contributed by atoms with Crippen molar-refractivity contribution in [3.05, 3.63) is 71.8 Å². The van der Waals surface area contributed by atoms with Crippen molar-refractivity contribution in [1.29, 1.82) is 0 Å². The second-order valence-electron chi connectivity index (χ2n) is 8.90. The predicted octanol–water partition coefficient (Wildman–Crippen LogP) is 3.67. The van der Waals surface area contributed by atoms with E-state index in [1.807, 2.05) is 36.4 Å². The summed E-state index contributed by atoms with van der Waals surface area (Å²) >= 11 is 0. The molecule has 1 heterocycles. The minimum absolute atomic E-state index is 0.0864. The molecule has 0 saturated carbocycles. The largest absolute Gasteiger partial charge is 0.491 e. The number of epoxide rings is 1. The van der Waals surface area contributed by atoms with Crippen LogP contribution in [0.3, 0.4) is 0 Å². The highest BCUT2D eigenvalue weighted by Crippen LogP contribution is 2.33. The van der Waals surface area contributed by atoms with Crippen LogP contribution >= 0.6 is 0 Å². The first-order valence-electron chi connectivity index (χ1n) is 11.4. The molecule has 1 aliphatic rings. The molecule has 0 spiro atoms. The maximum Gasteiger partial charge on any atom is 0.333 e. The van der Waals surface area contributed by atoms with Gasteiger partial charge in [0.05, 0.1) is 19.8 Å². The maximum atomic E-state index is 11.3. The minimum Gasteiger partial charge on any atom is -0.491 e. The fourth-order valence-corrected chi connectivity index (χ4v) is 3.23. The smallest absolute Gasteiger partial charge is 0.333 e. The van der Waals surface area contributed by atoms with Crippen LogP contribution in [0.15, 0.2) is 60.7 Å². The summed E-state index contributed by atoms with van der Waals surface area (Å²) < 4.78 is 26.8. The summed E-state index contributed by atoms with van der Waals surface area (Å²) in [5.74, 6) is 1.05. The number of hydrogen-bond donors (Lipinski definition) is 1. The van der Waals surface area contributed by atoms with Gasteiger partial charge in [-0.15, -0.1) is 0 Å². The molecule has 34 heavy (non-hydrogen) atoms. The zero-order chi connectivity index (χ0) is 24.6. The van der Waals surface area contributed by atoms with Crippen molar-refractivity contribution in [1.82, 2.24) is 0 Å². The third kappa shape index (κ3) is 7.87. The van der Waals surface area contributed by atoms with Gasteiger partial charge in [0.25, 0.3) is 0 Å². The van der Waals surface area contributed by atoms with Crippen molar-refractivity contribution < 1.29 is 33.6 Å². The van der Waals surface area contributed by atoms with Crippen molar-refractivity contribution in [2.45, 2.75) is 38.4 Å². The summed E-state index contributed by atoms with van der Waals surface area (Å²) in [5.41, 5.74) is 2.47. The normalized spacial score (nSPS) is 15.9. The Morgan fingerprint density at radius 2 is 1.59 bits per heavy atom. The number of esters is 1. The summed E-state index contributed by atoms with van der Waals surface area (Å²) in [5, 5.41) is 10.0. The minimum atomic E-state index is -0.792. The second kappa shape index (κ2) is 12.0. The lowest BCUT2D eigenvalue weighted by Crippen LogP contribution is -2.24. The van der Waals surface area contributed by atoms with Crippen LogP contribution in [-0.2, 0) is 24.4 Å². The number of aliphatic hydroxyl groups is 1. The van der Waals surface area contributed by atoms with E-state index in [4.69, 9.17) is 23.7 Å². The molecule has 0 aromatic heterocycles. The summed E-state index contributed by atoms with van der Waals surface area (Å²) in [6.45, 7) is 11.3. The van der Waals surface area contributed by atoms with Gasteiger partial charge < -0.3 is 28.8 Å². The molecule has 0 amide bonds. The Hall–Kier alpha value is -2.87. The van der Waals surface area contributed by atoms with E-state index >= 15 is 0 Å². The number of ether oxygens (including phenoxy) is 5. The fourth-order valence-electron chi connectivity index (χ4n) is 3.23. The Labute approximate surface area is 201 Å². The molecule has 1 saturated heterocycles. The highest BCUT2D eigenvalue weighted by Gasteiger charge is 2.25. The number of hydrogen-bond acceptors (Lipinski definition) is 7. The van der Waals surface area contributed by atoms with Gasteiger partial charge >= 0.3 is 5.97 Å². The van der Waals surface area contributed by atoms with E-state index in [2.05, 4.69) is 32.6 Å². The topological polar surface area (TPSA) is 86.8 Å². The Kier molecular flexibility index (Phi) is 9.10. The predicted molar refractivity (Wildman–Crippen MR) is 128 cm³/mol. The van der Waals surface area contributed by atoms with E-state index < -0.39 is 12.1 Å². The Morgan fingerprint density at radius 1 is 1.03 bits per heavy atom. The van der Waals surface area contributed by atoms with Gasteiger partial charge in [-0.3, -0.25) is 0 Å². The molecule has 0 aliphatic carbocycles. The molecule has 2 unspecified atom stereocenters. The average molecular weight is 471 g/mol.